The van der Waals surface area contributed by atoms with Crippen molar-refractivity contribution in [1.82, 2.24) is 10.2 Å². The molecule has 0 unspecified atom stereocenters. The van der Waals surface area contributed by atoms with E-state index >= 15 is 0 Å². The summed E-state index contributed by atoms with van der Waals surface area (Å²) < 4.78 is 1.14. The molecule has 3 nitrogen and oxygen atoms in total. The van der Waals surface area contributed by atoms with Crippen molar-refractivity contribution in [3.8, 4) is 0 Å². The molecule has 96 valence electrons. The van der Waals surface area contributed by atoms with Gasteiger partial charge in [0, 0.05) is 16.4 Å². The summed E-state index contributed by atoms with van der Waals surface area (Å²) in [7, 11) is 0. The van der Waals surface area contributed by atoms with Gasteiger partial charge in [-0.2, -0.15) is 5.10 Å². The molecule has 0 aliphatic carbocycles. The second-order valence-corrected chi connectivity index (χ2v) is 5.44. The van der Waals surface area contributed by atoms with E-state index in [0.29, 0.717) is 0 Å². The Morgan fingerprint density at radius 3 is 3.00 bits per heavy atom. The van der Waals surface area contributed by atoms with Crippen molar-refractivity contribution < 1.29 is 0 Å². The van der Waals surface area contributed by atoms with Gasteiger partial charge < -0.3 is 5.32 Å². The number of para-hydroxylation sites is 1. The standard InChI is InChI=1S/C15H14BrN3/c1-10-5-6-11(13(16)7-10)8-17-14-4-2-3-12-9-18-19-15(12)14/h2-7,9,17H,8H2,1H3,(H,18,19). The quantitative estimate of drug-likeness (QED) is 0.758. The number of H-pyrrole nitrogens is 1. The molecule has 0 aliphatic rings. The zero-order valence-electron chi connectivity index (χ0n) is 10.6. The summed E-state index contributed by atoms with van der Waals surface area (Å²) in [6, 6.07) is 12.5. The Kier molecular flexibility index (Phi) is 3.25. The van der Waals surface area contributed by atoms with Crippen LogP contribution in [0.25, 0.3) is 10.9 Å². The summed E-state index contributed by atoms with van der Waals surface area (Å²) in [5, 5.41) is 11.7. The highest BCUT2D eigenvalue weighted by atomic mass is 79.9. The maximum absolute atomic E-state index is 4.07. The van der Waals surface area contributed by atoms with Crippen LogP contribution in [0.5, 0.6) is 0 Å². The average Bonchev–Trinajstić information content (AvgIpc) is 2.86. The Bertz CT molecular complexity index is 718. The molecule has 1 aromatic heterocycles. The molecular weight excluding hydrogens is 302 g/mol. The highest BCUT2D eigenvalue weighted by Crippen LogP contribution is 2.23. The zero-order chi connectivity index (χ0) is 13.2. The van der Waals surface area contributed by atoms with Gasteiger partial charge in [0.1, 0.15) is 0 Å². The SMILES string of the molecule is Cc1ccc(CNc2cccc3cn[nH]c23)c(Br)c1. The Hall–Kier alpha value is -1.81. The second-order valence-electron chi connectivity index (χ2n) is 4.59. The fraction of sp³-hybridized carbons (Fsp3) is 0.133. The number of aromatic amines is 1. The van der Waals surface area contributed by atoms with Crippen LogP contribution in [0.3, 0.4) is 0 Å². The smallest absolute Gasteiger partial charge is 0.0881 e. The molecule has 0 saturated carbocycles. The van der Waals surface area contributed by atoms with Crippen LogP contribution in [0.15, 0.2) is 47.1 Å². The molecule has 0 bridgehead atoms. The number of aryl methyl sites for hydroxylation is 1. The number of hydrogen-bond acceptors (Lipinski definition) is 2. The summed E-state index contributed by atoms with van der Waals surface area (Å²) in [6.07, 6.45) is 1.84. The molecule has 4 heteroatoms. The lowest BCUT2D eigenvalue weighted by molar-refractivity contribution is 1.10. The molecule has 0 amide bonds. The van der Waals surface area contributed by atoms with Crippen LogP contribution in [0.2, 0.25) is 0 Å². The molecule has 3 rings (SSSR count). The number of nitrogens with zero attached hydrogens (tertiary/aromatic N) is 1. The van der Waals surface area contributed by atoms with Crippen LogP contribution >= 0.6 is 15.9 Å². The summed E-state index contributed by atoms with van der Waals surface area (Å²) in [6.45, 7) is 2.87. The Balaban J connectivity index is 1.84. The van der Waals surface area contributed by atoms with Gasteiger partial charge in [0.25, 0.3) is 0 Å². The monoisotopic (exact) mass is 315 g/mol. The number of anilines is 1. The largest absolute Gasteiger partial charge is 0.379 e. The van der Waals surface area contributed by atoms with Gasteiger partial charge in [-0.1, -0.05) is 40.2 Å². The van der Waals surface area contributed by atoms with Gasteiger partial charge in [-0.25, -0.2) is 0 Å². The van der Waals surface area contributed by atoms with Gasteiger partial charge in [0.15, 0.2) is 0 Å². The maximum atomic E-state index is 4.07. The van der Waals surface area contributed by atoms with Crippen LogP contribution in [0.1, 0.15) is 11.1 Å². The first kappa shape index (κ1) is 12.2. The Labute approximate surface area is 120 Å². The molecule has 0 saturated heterocycles. The van der Waals surface area contributed by atoms with Gasteiger partial charge >= 0.3 is 0 Å². The molecule has 0 fully saturated rings. The number of hydrogen-bond donors (Lipinski definition) is 2. The van der Waals surface area contributed by atoms with E-state index in [1.165, 1.54) is 11.1 Å². The van der Waals surface area contributed by atoms with Crippen molar-refractivity contribution in [3.63, 3.8) is 0 Å². The summed E-state index contributed by atoms with van der Waals surface area (Å²) in [5.74, 6) is 0. The van der Waals surface area contributed by atoms with E-state index in [1.54, 1.807) is 0 Å². The molecule has 0 spiro atoms. The second kappa shape index (κ2) is 5.05. The topological polar surface area (TPSA) is 40.7 Å². The van der Waals surface area contributed by atoms with E-state index in [0.717, 1.165) is 27.6 Å². The Morgan fingerprint density at radius 1 is 1.26 bits per heavy atom. The molecule has 2 aromatic carbocycles. The van der Waals surface area contributed by atoms with Crippen molar-refractivity contribution >= 4 is 32.5 Å². The molecule has 19 heavy (non-hydrogen) atoms. The third-order valence-corrected chi connectivity index (χ3v) is 3.89. The van der Waals surface area contributed by atoms with Crippen molar-refractivity contribution in [2.24, 2.45) is 0 Å². The van der Waals surface area contributed by atoms with Gasteiger partial charge in [0.2, 0.25) is 0 Å². The first-order valence-electron chi connectivity index (χ1n) is 6.15. The highest BCUT2D eigenvalue weighted by Gasteiger charge is 2.04. The van der Waals surface area contributed by atoms with E-state index in [-0.39, 0.29) is 0 Å². The lowest BCUT2D eigenvalue weighted by Gasteiger charge is -2.09. The first-order valence-corrected chi connectivity index (χ1v) is 6.94. The highest BCUT2D eigenvalue weighted by molar-refractivity contribution is 9.10. The van der Waals surface area contributed by atoms with E-state index in [4.69, 9.17) is 0 Å². The number of halogens is 1. The first-order chi connectivity index (χ1) is 9.24. The van der Waals surface area contributed by atoms with Gasteiger partial charge in [0.05, 0.1) is 17.4 Å². The summed E-state index contributed by atoms with van der Waals surface area (Å²) in [4.78, 5) is 0. The number of fused-ring (bicyclic) bond motifs is 1. The lowest BCUT2D eigenvalue weighted by Crippen LogP contribution is -2.01. The van der Waals surface area contributed by atoms with Crippen LogP contribution in [0.4, 0.5) is 5.69 Å². The third-order valence-electron chi connectivity index (χ3n) is 3.15. The van der Waals surface area contributed by atoms with Crippen molar-refractivity contribution in [2.75, 3.05) is 5.32 Å². The molecule has 2 N–H and O–H groups in total. The van der Waals surface area contributed by atoms with Crippen molar-refractivity contribution in [2.45, 2.75) is 13.5 Å². The van der Waals surface area contributed by atoms with Crippen LogP contribution < -0.4 is 5.32 Å². The third kappa shape index (κ3) is 2.49. The minimum Gasteiger partial charge on any atom is -0.379 e. The Morgan fingerprint density at radius 2 is 2.16 bits per heavy atom. The van der Waals surface area contributed by atoms with E-state index in [1.807, 2.05) is 18.3 Å². The van der Waals surface area contributed by atoms with Gasteiger partial charge in [-0.05, 0) is 30.2 Å². The fourth-order valence-electron chi connectivity index (χ4n) is 2.10. The number of benzene rings is 2. The molecule has 1 heterocycles. The average molecular weight is 316 g/mol. The molecule has 3 aromatic rings. The minimum absolute atomic E-state index is 0.777. The van der Waals surface area contributed by atoms with E-state index in [2.05, 4.69) is 62.6 Å². The lowest BCUT2D eigenvalue weighted by atomic mass is 10.1. The molecule has 0 radical (unpaired) electrons. The van der Waals surface area contributed by atoms with Crippen molar-refractivity contribution in [1.29, 1.82) is 0 Å². The maximum Gasteiger partial charge on any atom is 0.0881 e. The van der Waals surface area contributed by atoms with Crippen LogP contribution in [0, 0.1) is 6.92 Å². The van der Waals surface area contributed by atoms with Crippen LogP contribution in [-0.4, -0.2) is 10.2 Å². The fourth-order valence-corrected chi connectivity index (χ4v) is 2.74. The minimum atomic E-state index is 0.777. The van der Waals surface area contributed by atoms with Crippen LogP contribution in [-0.2, 0) is 6.54 Å². The predicted octanol–water partition coefficient (Wildman–Crippen LogP) is 4.25. The summed E-state index contributed by atoms with van der Waals surface area (Å²) in [5.41, 5.74) is 4.61. The van der Waals surface area contributed by atoms with E-state index in [9.17, 15) is 0 Å². The summed E-state index contributed by atoms with van der Waals surface area (Å²) >= 11 is 3.60. The van der Waals surface area contributed by atoms with Gasteiger partial charge in [-0.3, -0.25) is 5.10 Å². The normalized spacial score (nSPS) is 10.8. The molecule has 0 atom stereocenters. The predicted molar refractivity (Wildman–Crippen MR) is 82.3 cm³/mol. The van der Waals surface area contributed by atoms with Gasteiger partial charge in [-0.15, -0.1) is 0 Å². The molecule has 0 aliphatic heterocycles. The number of aromatic nitrogens is 2. The number of rotatable bonds is 3. The van der Waals surface area contributed by atoms with E-state index < -0.39 is 0 Å². The van der Waals surface area contributed by atoms with Crippen molar-refractivity contribution in [3.05, 3.63) is 58.2 Å². The molecular formula is C15H14BrN3. The number of nitrogens with one attached hydrogen (secondary N) is 2. The zero-order valence-corrected chi connectivity index (χ0v) is 12.2.